The molecule has 0 aliphatic carbocycles. The molecule has 0 spiro atoms. The lowest BCUT2D eigenvalue weighted by atomic mass is 10.1. The van der Waals surface area contributed by atoms with Gasteiger partial charge in [0.05, 0.1) is 23.1 Å². The second kappa shape index (κ2) is 9.84. The van der Waals surface area contributed by atoms with Crippen LogP contribution in [0.15, 0.2) is 64.1 Å². The molecular weight excluding hydrogens is 472 g/mol. The van der Waals surface area contributed by atoms with Gasteiger partial charge in [-0.2, -0.15) is 5.10 Å². The van der Waals surface area contributed by atoms with Gasteiger partial charge in [-0.15, -0.1) is 0 Å². The molecule has 33 heavy (non-hydrogen) atoms. The van der Waals surface area contributed by atoms with Gasteiger partial charge in [0, 0.05) is 22.7 Å². The molecule has 0 saturated carbocycles. The van der Waals surface area contributed by atoms with Gasteiger partial charge in [0.1, 0.15) is 18.1 Å². The van der Waals surface area contributed by atoms with E-state index in [2.05, 4.69) is 10.5 Å². The van der Waals surface area contributed by atoms with Crippen LogP contribution in [-0.2, 0) is 14.8 Å². The standard InChI is InChI=1S/C21H19ClN4O6S/c1-14-3-6-16(22)11-19(14)25(33(2,30)31)13-21(27)24-23-12-18-9-10-20(32-18)15-4-7-17(8-5-15)26(28)29/h3-12H,13H2,1-2H3,(H,24,27)/b23-12-. The van der Waals surface area contributed by atoms with Gasteiger partial charge in [-0.3, -0.25) is 19.2 Å². The molecule has 0 aliphatic rings. The van der Waals surface area contributed by atoms with Crippen LogP contribution in [0.1, 0.15) is 11.3 Å². The van der Waals surface area contributed by atoms with Gasteiger partial charge < -0.3 is 4.42 Å². The minimum Gasteiger partial charge on any atom is -0.455 e. The number of nitrogens with one attached hydrogen (secondary N) is 1. The van der Waals surface area contributed by atoms with Crippen molar-refractivity contribution < 1.29 is 22.6 Å². The Morgan fingerprint density at radius 1 is 1.21 bits per heavy atom. The topological polar surface area (TPSA) is 135 Å². The van der Waals surface area contributed by atoms with Crippen molar-refractivity contribution in [3.8, 4) is 11.3 Å². The van der Waals surface area contributed by atoms with Crippen molar-refractivity contribution in [1.29, 1.82) is 0 Å². The van der Waals surface area contributed by atoms with E-state index in [0.717, 1.165) is 10.6 Å². The van der Waals surface area contributed by atoms with Crippen molar-refractivity contribution in [3.63, 3.8) is 0 Å². The molecule has 0 aliphatic heterocycles. The number of halogens is 1. The maximum atomic E-state index is 12.3. The first kappa shape index (κ1) is 24.0. The van der Waals surface area contributed by atoms with E-state index >= 15 is 0 Å². The maximum Gasteiger partial charge on any atom is 0.269 e. The number of nitrogens with zero attached hydrogens (tertiary/aromatic N) is 3. The van der Waals surface area contributed by atoms with Crippen LogP contribution < -0.4 is 9.73 Å². The molecule has 0 saturated heterocycles. The molecule has 3 aromatic rings. The number of anilines is 1. The first-order valence-electron chi connectivity index (χ1n) is 9.45. The monoisotopic (exact) mass is 490 g/mol. The van der Waals surface area contributed by atoms with Crippen LogP contribution in [0.2, 0.25) is 5.02 Å². The summed E-state index contributed by atoms with van der Waals surface area (Å²) < 4.78 is 31.0. The number of hydrogen-bond donors (Lipinski definition) is 1. The third kappa shape index (κ3) is 6.18. The molecule has 0 fully saturated rings. The molecule has 0 atom stereocenters. The summed E-state index contributed by atoms with van der Waals surface area (Å²) in [6, 6.07) is 13.8. The summed E-state index contributed by atoms with van der Waals surface area (Å²) in [5.74, 6) is 0.102. The minimum absolute atomic E-state index is 0.0362. The first-order valence-corrected chi connectivity index (χ1v) is 11.7. The van der Waals surface area contributed by atoms with Crippen molar-refractivity contribution in [2.45, 2.75) is 6.92 Å². The van der Waals surface area contributed by atoms with E-state index < -0.39 is 27.4 Å². The fourth-order valence-electron chi connectivity index (χ4n) is 2.89. The average Bonchev–Trinajstić information content (AvgIpc) is 3.22. The summed E-state index contributed by atoms with van der Waals surface area (Å²) >= 11 is 5.98. The Labute approximate surface area is 194 Å². The Morgan fingerprint density at radius 3 is 2.55 bits per heavy atom. The summed E-state index contributed by atoms with van der Waals surface area (Å²) in [6.07, 6.45) is 2.24. The van der Waals surface area contributed by atoms with E-state index in [9.17, 15) is 23.3 Å². The number of amides is 1. The molecule has 1 heterocycles. The van der Waals surface area contributed by atoms with Crippen LogP contribution >= 0.6 is 11.6 Å². The van der Waals surface area contributed by atoms with Crippen molar-refractivity contribution in [2.75, 3.05) is 17.1 Å². The number of non-ortho nitro benzene ring substituents is 1. The quantitative estimate of drug-likeness (QED) is 0.290. The van der Waals surface area contributed by atoms with E-state index in [-0.39, 0.29) is 5.69 Å². The van der Waals surface area contributed by atoms with Gasteiger partial charge in [0.25, 0.3) is 11.6 Å². The van der Waals surface area contributed by atoms with Gasteiger partial charge in [0.15, 0.2) is 0 Å². The number of rotatable bonds is 8. The van der Waals surface area contributed by atoms with Gasteiger partial charge >= 0.3 is 0 Å². The number of hydrogen-bond acceptors (Lipinski definition) is 7. The third-order valence-corrected chi connectivity index (χ3v) is 5.86. The zero-order chi connectivity index (χ0) is 24.2. The lowest BCUT2D eigenvalue weighted by Crippen LogP contribution is -2.39. The Hall–Kier alpha value is -3.70. The molecule has 3 rings (SSSR count). The molecular formula is C21H19ClN4O6S. The summed E-state index contributed by atoms with van der Waals surface area (Å²) in [6.45, 7) is 1.21. The molecule has 1 N–H and O–H groups in total. The third-order valence-electron chi connectivity index (χ3n) is 4.50. The number of furan rings is 1. The summed E-state index contributed by atoms with van der Waals surface area (Å²) in [5.41, 5.74) is 3.79. The average molecular weight is 491 g/mol. The zero-order valence-corrected chi connectivity index (χ0v) is 19.1. The molecule has 12 heteroatoms. The largest absolute Gasteiger partial charge is 0.455 e. The fourth-order valence-corrected chi connectivity index (χ4v) is 3.96. The highest BCUT2D eigenvalue weighted by molar-refractivity contribution is 7.92. The molecule has 0 bridgehead atoms. The second-order valence-electron chi connectivity index (χ2n) is 7.00. The lowest BCUT2D eigenvalue weighted by Gasteiger charge is -2.23. The van der Waals surface area contributed by atoms with Gasteiger partial charge in [-0.05, 0) is 48.9 Å². The first-order chi connectivity index (χ1) is 15.5. The van der Waals surface area contributed by atoms with Crippen molar-refractivity contribution >= 4 is 45.1 Å². The predicted molar refractivity (Wildman–Crippen MR) is 125 cm³/mol. The Bertz CT molecular complexity index is 1320. The number of carbonyl (C=O) groups excluding carboxylic acids is 1. The summed E-state index contributed by atoms with van der Waals surface area (Å²) in [4.78, 5) is 22.6. The van der Waals surface area contributed by atoms with Crippen LogP contribution in [-0.4, -0.2) is 38.3 Å². The molecule has 10 nitrogen and oxygen atoms in total. The van der Waals surface area contributed by atoms with Gasteiger partial charge in [-0.25, -0.2) is 13.8 Å². The number of benzene rings is 2. The lowest BCUT2D eigenvalue weighted by molar-refractivity contribution is -0.384. The van der Waals surface area contributed by atoms with E-state index in [1.807, 2.05) is 0 Å². The van der Waals surface area contributed by atoms with Gasteiger partial charge in [-0.1, -0.05) is 17.7 Å². The van der Waals surface area contributed by atoms with Crippen LogP contribution in [0.3, 0.4) is 0 Å². The molecule has 0 unspecified atom stereocenters. The van der Waals surface area contributed by atoms with Gasteiger partial charge in [0.2, 0.25) is 10.0 Å². The molecule has 1 amide bonds. The second-order valence-corrected chi connectivity index (χ2v) is 9.34. The van der Waals surface area contributed by atoms with E-state index in [1.54, 1.807) is 43.3 Å². The normalized spacial score (nSPS) is 11.5. The smallest absolute Gasteiger partial charge is 0.269 e. The molecule has 2 aromatic carbocycles. The molecule has 0 radical (unpaired) electrons. The summed E-state index contributed by atoms with van der Waals surface area (Å²) in [7, 11) is -3.76. The maximum absolute atomic E-state index is 12.3. The van der Waals surface area contributed by atoms with Crippen molar-refractivity contribution in [2.24, 2.45) is 5.10 Å². The number of sulfonamides is 1. The van der Waals surface area contributed by atoms with Crippen LogP contribution in [0.5, 0.6) is 0 Å². The van der Waals surface area contributed by atoms with Crippen molar-refractivity contribution in [1.82, 2.24) is 5.43 Å². The highest BCUT2D eigenvalue weighted by Gasteiger charge is 2.22. The highest BCUT2D eigenvalue weighted by Crippen LogP contribution is 2.26. The fraction of sp³-hybridized carbons (Fsp3) is 0.143. The Morgan fingerprint density at radius 2 is 1.91 bits per heavy atom. The van der Waals surface area contributed by atoms with E-state index in [4.69, 9.17) is 16.0 Å². The highest BCUT2D eigenvalue weighted by atomic mass is 35.5. The number of hydrazone groups is 1. The molecule has 1 aromatic heterocycles. The van der Waals surface area contributed by atoms with Crippen molar-refractivity contribution in [3.05, 3.63) is 81.1 Å². The number of aryl methyl sites for hydroxylation is 1. The number of nitro groups is 1. The summed E-state index contributed by atoms with van der Waals surface area (Å²) in [5, 5.41) is 14.9. The zero-order valence-electron chi connectivity index (χ0n) is 17.6. The minimum atomic E-state index is -3.76. The molecule has 172 valence electrons. The predicted octanol–water partition coefficient (Wildman–Crippen LogP) is 3.73. The van der Waals surface area contributed by atoms with Crippen LogP contribution in [0, 0.1) is 17.0 Å². The Kier molecular flexibility index (Phi) is 7.14. The SMILES string of the molecule is Cc1ccc(Cl)cc1N(CC(=O)N/N=C\c1ccc(-c2ccc([N+](=O)[O-])cc2)o1)S(C)(=O)=O. The van der Waals surface area contributed by atoms with E-state index in [1.165, 1.54) is 24.4 Å². The van der Waals surface area contributed by atoms with Crippen LogP contribution in [0.25, 0.3) is 11.3 Å². The van der Waals surface area contributed by atoms with E-state index in [0.29, 0.717) is 33.4 Å². The Balaban J connectivity index is 1.67. The van der Waals surface area contributed by atoms with Crippen LogP contribution in [0.4, 0.5) is 11.4 Å². The number of nitro benzene ring substituents is 1. The number of carbonyl (C=O) groups is 1.